The van der Waals surface area contributed by atoms with E-state index in [2.05, 4.69) is 10.1 Å². The Morgan fingerprint density at radius 1 is 0.960 bits per heavy atom. The minimum atomic E-state index is -0.572. The molecule has 6 nitrogen and oxygen atoms in total. The molecular formula is C19H19NO5. The molecule has 2 rings (SSSR count). The number of para-hydroxylation sites is 1. The van der Waals surface area contributed by atoms with Crippen LogP contribution in [0.1, 0.15) is 31.8 Å². The number of ether oxygens (including phenoxy) is 2. The zero-order chi connectivity index (χ0) is 18.4. The van der Waals surface area contributed by atoms with Crippen molar-refractivity contribution in [2.24, 2.45) is 0 Å². The number of rotatable bonds is 5. The van der Waals surface area contributed by atoms with Crippen LogP contribution in [0.4, 0.5) is 5.69 Å². The fraction of sp³-hybridized carbons (Fsp3) is 0.211. The van der Waals surface area contributed by atoms with Crippen LogP contribution in [0.5, 0.6) is 0 Å². The van der Waals surface area contributed by atoms with Crippen LogP contribution < -0.4 is 5.32 Å². The van der Waals surface area contributed by atoms with Crippen molar-refractivity contribution < 1.29 is 23.9 Å². The molecular weight excluding hydrogens is 322 g/mol. The van der Waals surface area contributed by atoms with Crippen LogP contribution in [-0.4, -0.2) is 31.6 Å². The lowest BCUT2D eigenvalue weighted by molar-refractivity contribution is -0.119. The largest absolute Gasteiger partial charge is 0.465 e. The molecule has 25 heavy (non-hydrogen) atoms. The molecule has 0 heterocycles. The van der Waals surface area contributed by atoms with Crippen molar-refractivity contribution in [2.75, 3.05) is 19.0 Å². The Balaban J connectivity index is 2.01. The summed E-state index contributed by atoms with van der Waals surface area (Å²) in [4.78, 5) is 35.8. The number of esters is 2. The van der Waals surface area contributed by atoms with Crippen LogP contribution in [0.25, 0.3) is 0 Å². The first-order chi connectivity index (χ1) is 11.9. The van der Waals surface area contributed by atoms with E-state index in [1.807, 2.05) is 19.1 Å². The molecule has 0 aromatic heterocycles. The van der Waals surface area contributed by atoms with Gasteiger partial charge in [-0.1, -0.05) is 29.8 Å². The lowest BCUT2D eigenvalue weighted by Gasteiger charge is -2.11. The average molecular weight is 341 g/mol. The molecule has 0 bridgehead atoms. The van der Waals surface area contributed by atoms with Gasteiger partial charge in [0.25, 0.3) is 5.91 Å². The monoisotopic (exact) mass is 341 g/mol. The van der Waals surface area contributed by atoms with Crippen molar-refractivity contribution in [1.29, 1.82) is 0 Å². The third-order valence-electron chi connectivity index (χ3n) is 3.55. The highest BCUT2D eigenvalue weighted by Crippen LogP contribution is 2.16. The van der Waals surface area contributed by atoms with E-state index in [0.717, 1.165) is 11.1 Å². The van der Waals surface area contributed by atoms with Crippen molar-refractivity contribution in [3.8, 4) is 0 Å². The average Bonchev–Trinajstić information content (AvgIpc) is 2.61. The van der Waals surface area contributed by atoms with Crippen LogP contribution >= 0.6 is 0 Å². The topological polar surface area (TPSA) is 81.7 Å². The fourth-order valence-corrected chi connectivity index (χ4v) is 2.23. The summed E-state index contributed by atoms with van der Waals surface area (Å²) in [6.45, 7) is 3.21. The zero-order valence-electron chi connectivity index (χ0n) is 14.3. The summed E-state index contributed by atoms with van der Waals surface area (Å²) in [6, 6.07) is 11.8. The van der Waals surface area contributed by atoms with E-state index in [1.165, 1.54) is 13.2 Å². The minimum absolute atomic E-state index is 0.221. The quantitative estimate of drug-likeness (QED) is 0.846. The molecule has 0 saturated heterocycles. The predicted octanol–water partition coefficient (Wildman–Crippen LogP) is 2.89. The van der Waals surface area contributed by atoms with Gasteiger partial charge in [-0.15, -0.1) is 0 Å². The van der Waals surface area contributed by atoms with Crippen molar-refractivity contribution in [3.05, 3.63) is 64.7 Å². The predicted molar refractivity (Wildman–Crippen MR) is 92.6 cm³/mol. The minimum Gasteiger partial charge on any atom is -0.465 e. The number of nitrogens with one attached hydrogen (secondary N) is 1. The molecule has 1 amide bonds. The van der Waals surface area contributed by atoms with Crippen molar-refractivity contribution in [3.63, 3.8) is 0 Å². The van der Waals surface area contributed by atoms with Crippen molar-refractivity contribution in [2.45, 2.75) is 13.8 Å². The van der Waals surface area contributed by atoms with Gasteiger partial charge in [-0.25, -0.2) is 9.59 Å². The van der Waals surface area contributed by atoms with Gasteiger partial charge >= 0.3 is 11.9 Å². The Kier molecular flexibility index (Phi) is 5.89. The summed E-state index contributed by atoms with van der Waals surface area (Å²) in [5, 5.41) is 2.54. The third kappa shape index (κ3) is 4.67. The molecule has 1 N–H and O–H groups in total. The maximum atomic E-state index is 12.1. The van der Waals surface area contributed by atoms with E-state index in [-0.39, 0.29) is 5.56 Å². The number of hydrogen-bond donors (Lipinski definition) is 1. The fourth-order valence-electron chi connectivity index (χ4n) is 2.23. The van der Waals surface area contributed by atoms with Gasteiger partial charge in [-0.2, -0.15) is 0 Å². The summed E-state index contributed by atoms with van der Waals surface area (Å²) in [5.41, 5.74) is 2.63. The second-order valence-corrected chi connectivity index (χ2v) is 5.48. The van der Waals surface area contributed by atoms with Gasteiger partial charge in [-0.3, -0.25) is 4.79 Å². The summed E-state index contributed by atoms with van der Waals surface area (Å²) >= 11 is 0. The van der Waals surface area contributed by atoms with Gasteiger partial charge in [0.05, 0.1) is 23.9 Å². The second kappa shape index (κ2) is 8.10. The maximum absolute atomic E-state index is 12.1. The Morgan fingerprint density at radius 2 is 1.68 bits per heavy atom. The lowest BCUT2D eigenvalue weighted by atomic mass is 10.1. The number of carbonyl (C=O) groups is 3. The Morgan fingerprint density at radius 3 is 2.40 bits per heavy atom. The first-order valence-electron chi connectivity index (χ1n) is 7.64. The summed E-state index contributed by atoms with van der Waals surface area (Å²) in [7, 11) is 1.26. The first kappa shape index (κ1) is 18.2. The van der Waals surface area contributed by atoms with Gasteiger partial charge in [0, 0.05) is 0 Å². The molecule has 0 fully saturated rings. The zero-order valence-corrected chi connectivity index (χ0v) is 14.3. The summed E-state index contributed by atoms with van der Waals surface area (Å²) in [5.74, 6) is -1.68. The summed E-state index contributed by atoms with van der Waals surface area (Å²) < 4.78 is 9.72. The third-order valence-corrected chi connectivity index (χ3v) is 3.55. The van der Waals surface area contributed by atoms with Gasteiger partial charge in [-0.05, 0) is 37.6 Å². The number of aryl methyl sites for hydroxylation is 2. The van der Waals surface area contributed by atoms with Gasteiger partial charge in [0.1, 0.15) is 0 Å². The van der Waals surface area contributed by atoms with Crippen molar-refractivity contribution >= 4 is 23.5 Å². The Bertz CT molecular complexity index is 813. The standard InChI is InChI=1S/C19H19NO5/c1-12-8-9-13(2)15(10-12)19(23)25-11-17(21)20-16-7-5-4-6-14(16)18(22)24-3/h4-10H,11H2,1-3H3,(H,20,21). The highest BCUT2D eigenvalue weighted by molar-refractivity contribution is 6.02. The van der Waals surface area contributed by atoms with Crippen molar-refractivity contribution in [1.82, 2.24) is 0 Å². The van der Waals surface area contributed by atoms with Crippen LogP contribution in [0.3, 0.4) is 0 Å². The Hall–Kier alpha value is -3.15. The number of methoxy groups -OCH3 is 1. The molecule has 0 aliphatic heterocycles. The van der Waals surface area contributed by atoms with Gasteiger partial charge in [0.2, 0.25) is 0 Å². The molecule has 0 aliphatic rings. The molecule has 0 aliphatic carbocycles. The van der Waals surface area contributed by atoms with Crippen LogP contribution in [0, 0.1) is 13.8 Å². The smallest absolute Gasteiger partial charge is 0.339 e. The van der Waals surface area contributed by atoms with Gasteiger partial charge < -0.3 is 14.8 Å². The van der Waals surface area contributed by atoms with Crippen LogP contribution in [0.2, 0.25) is 0 Å². The number of anilines is 1. The van der Waals surface area contributed by atoms with Gasteiger partial charge in [0.15, 0.2) is 6.61 Å². The Labute approximate surface area is 145 Å². The van der Waals surface area contributed by atoms with Crippen LogP contribution in [-0.2, 0) is 14.3 Å². The molecule has 2 aromatic rings. The number of amides is 1. The lowest BCUT2D eigenvalue weighted by Crippen LogP contribution is -2.22. The molecule has 2 aromatic carbocycles. The van der Waals surface area contributed by atoms with E-state index < -0.39 is 24.5 Å². The maximum Gasteiger partial charge on any atom is 0.339 e. The highest BCUT2D eigenvalue weighted by Gasteiger charge is 2.16. The molecule has 0 atom stereocenters. The molecule has 0 radical (unpaired) electrons. The van der Waals surface area contributed by atoms with E-state index in [1.54, 1.807) is 31.2 Å². The van der Waals surface area contributed by atoms with E-state index in [4.69, 9.17) is 4.74 Å². The molecule has 0 unspecified atom stereocenters. The molecule has 0 spiro atoms. The molecule has 6 heteroatoms. The first-order valence-corrected chi connectivity index (χ1v) is 7.64. The molecule has 130 valence electrons. The van der Waals surface area contributed by atoms with E-state index in [0.29, 0.717) is 11.3 Å². The molecule has 0 saturated carbocycles. The summed E-state index contributed by atoms with van der Waals surface area (Å²) in [6.07, 6.45) is 0. The second-order valence-electron chi connectivity index (χ2n) is 5.48. The number of carbonyl (C=O) groups excluding carboxylic acids is 3. The number of benzene rings is 2. The highest BCUT2D eigenvalue weighted by atomic mass is 16.5. The SMILES string of the molecule is COC(=O)c1ccccc1NC(=O)COC(=O)c1cc(C)ccc1C. The van der Waals surface area contributed by atoms with E-state index >= 15 is 0 Å². The van der Waals surface area contributed by atoms with Crippen LogP contribution in [0.15, 0.2) is 42.5 Å². The number of hydrogen-bond acceptors (Lipinski definition) is 5. The van der Waals surface area contributed by atoms with E-state index in [9.17, 15) is 14.4 Å². The normalized spacial score (nSPS) is 10.0.